The van der Waals surface area contributed by atoms with Crippen molar-refractivity contribution < 1.29 is 9.59 Å². The topological polar surface area (TPSA) is 75.4 Å². The monoisotopic (exact) mass is 417 g/mol. The Morgan fingerprint density at radius 3 is 2.36 bits per heavy atom. The smallest absolute Gasteiger partial charge is 0.248 e. The number of carbonyl (C=O) groups is 2. The van der Waals surface area contributed by atoms with Crippen LogP contribution in [0.1, 0.15) is 35.2 Å². The molecule has 1 aliphatic heterocycles. The van der Waals surface area contributed by atoms with Gasteiger partial charge in [0.2, 0.25) is 11.8 Å². The summed E-state index contributed by atoms with van der Waals surface area (Å²) in [5, 5.41) is 3.77. The van der Waals surface area contributed by atoms with Gasteiger partial charge in [-0.2, -0.15) is 0 Å². The van der Waals surface area contributed by atoms with Crippen LogP contribution in [-0.4, -0.2) is 24.9 Å². The standard InChI is InChI=1S/C21H21Cl2N3O2/c22-16-5-4-6-17(23)15(16)8-10-20(27)25-18-13-14(21(24)28)7-9-19(18)26-11-2-1-3-12-26/h4-10,13H,1-3,11-12H2,(H2,24,28)(H,25,27)/b10-8+. The van der Waals surface area contributed by atoms with Crippen molar-refractivity contribution in [1.29, 1.82) is 0 Å². The van der Waals surface area contributed by atoms with Crippen LogP contribution in [-0.2, 0) is 4.79 Å². The second kappa shape index (κ2) is 9.13. The number of nitrogens with two attached hydrogens (primary N) is 1. The Hall–Kier alpha value is -2.50. The predicted octanol–water partition coefficient (Wildman–Crippen LogP) is 4.73. The quantitative estimate of drug-likeness (QED) is 0.689. The molecule has 1 fully saturated rings. The summed E-state index contributed by atoms with van der Waals surface area (Å²) in [5.41, 5.74) is 7.75. The van der Waals surface area contributed by atoms with E-state index in [-0.39, 0.29) is 5.91 Å². The predicted molar refractivity (Wildman–Crippen MR) is 115 cm³/mol. The first-order chi connectivity index (χ1) is 13.5. The third-order valence-corrected chi connectivity index (χ3v) is 5.30. The molecule has 2 aromatic carbocycles. The number of amides is 2. The van der Waals surface area contributed by atoms with E-state index in [1.807, 2.05) is 6.07 Å². The SMILES string of the molecule is NC(=O)c1ccc(N2CCCCC2)c(NC(=O)/C=C/c2c(Cl)cccc2Cl)c1. The highest BCUT2D eigenvalue weighted by molar-refractivity contribution is 6.37. The fraction of sp³-hybridized carbons (Fsp3) is 0.238. The second-order valence-corrected chi connectivity index (χ2v) is 7.42. The van der Waals surface area contributed by atoms with Gasteiger partial charge in [0.1, 0.15) is 0 Å². The Bertz CT molecular complexity index is 902. The molecule has 3 N–H and O–H groups in total. The van der Waals surface area contributed by atoms with E-state index in [0.717, 1.165) is 31.6 Å². The van der Waals surface area contributed by atoms with E-state index in [4.69, 9.17) is 28.9 Å². The molecular weight excluding hydrogens is 397 g/mol. The molecule has 1 aliphatic rings. The van der Waals surface area contributed by atoms with Gasteiger partial charge in [-0.25, -0.2) is 0 Å². The molecule has 0 radical (unpaired) electrons. The van der Waals surface area contributed by atoms with Gasteiger partial charge in [0.15, 0.2) is 0 Å². The fourth-order valence-electron chi connectivity index (χ4n) is 3.20. The Kier molecular flexibility index (Phi) is 6.60. The van der Waals surface area contributed by atoms with E-state index in [9.17, 15) is 9.59 Å². The number of primary amides is 1. The van der Waals surface area contributed by atoms with Crippen LogP contribution < -0.4 is 16.0 Å². The first-order valence-electron chi connectivity index (χ1n) is 9.07. The minimum Gasteiger partial charge on any atom is -0.370 e. The molecule has 3 rings (SSSR count). The Balaban J connectivity index is 1.84. The number of anilines is 2. The average Bonchev–Trinajstić information content (AvgIpc) is 2.68. The molecule has 2 amide bonds. The van der Waals surface area contributed by atoms with Crippen molar-refractivity contribution in [2.24, 2.45) is 5.73 Å². The number of hydrogen-bond acceptors (Lipinski definition) is 3. The molecule has 1 saturated heterocycles. The normalized spacial score (nSPS) is 14.3. The van der Waals surface area contributed by atoms with Crippen LogP contribution in [0.5, 0.6) is 0 Å². The first kappa shape index (κ1) is 20.2. The second-order valence-electron chi connectivity index (χ2n) is 6.60. The third-order valence-electron chi connectivity index (χ3n) is 4.64. The van der Waals surface area contributed by atoms with Crippen LogP contribution in [0.2, 0.25) is 10.0 Å². The lowest BCUT2D eigenvalue weighted by atomic mass is 10.1. The summed E-state index contributed by atoms with van der Waals surface area (Å²) in [6.45, 7) is 1.81. The number of piperidine rings is 1. The lowest BCUT2D eigenvalue weighted by molar-refractivity contribution is -0.111. The molecule has 5 nitrogen and oxygen atoms in total. The lowest BCUT2D eigenvalue weighted by Crippen LogP contribution is -2.30. The van der Waals surface area contributed by atoms with Crippen LogP contribution in [0.15, 0.2) is 42.5 Å². The van der Waals surface area contributed by atoms with Gasteiger partial charge < -0.3 is 16.0 Å². The minimum absolute atomic E-state index is 0.342. The van der Waals surface area contributed by atoms with Crippen LogP contribution in [0.4, 0.5) is 11.4 Å². The van der Waals surface area contributed by atoms with Crippen LogP contribution in [0.25, 0.3) is 6.08 Å². The highest BCUT2D eigenvalue weighted by atomic mass is 35.5. The summed E-state index contributed by atoms with van der Waals surface area (Å²) in [5.74, 6) is -0.894. The van der Waals surface area contributed by atoms with E-state index in [0.29, 0.717) is 26.9 Å². The maximum absolute atomic E-state index is 12.5. The number of hydrogen-bond donors (Lipinski definition) is 2. The summed E-state index contributed by atoms with van der Waals surface area (Å²) in [6.07, 6.45) is 6.31. The molecule has 0 bridgehead atoms. The van der Waals surface area contributed by atoms with Crippen LogP contribution in [0.3, 0.4) is 0 Å². The fourth-order valence-corrected chi connectivity index (χ4v) is 3.73. The van der Waals surface area contributed by atoms with E-state index in [1.165, 1.54) is 12.5 Å². The first-order valence-corrected chi connectivity index (χ1v) is 9.83. The van der Waals surface area contributed by atoms with E-state index in [1.54, 1.807) is 36.4 Å². The molecule has 7 heteroatoms. The summed E-state index contributed by atoms with van der Waals surface area (Å²) in [7, 11) is 0. The number of halogens is 2. The molecular formula is C21H21Cl2N3O2. The molecule has 0 saturated carbocycles. The van der Waals surface area contributed by atoms with Gasteiger partial charge in [0, 0.05) is 40.3 Å². The Morgan fingerprint density at radius 1 is 1.04 bits per heavy atom. The molecule has 146 valence electrons. The number of nitrogens with one attached hydrogen (secondary N) is 1. The average molecular weight is 418 g/mol. The molecule has 0 atom stereocenters. The van der Waals surface area contributed by atoms with E-state index in [2.05, 4.69) is 10.2 Å². The molecule has 0 unspecified atom stereocenters. The zero-order chi connectivity index (χ0) is 20.1. The van der Waals surface area contributed by atoms with Gasteiger partial charge in [0.05, 0.1) is 11.4 Å². The van der Waals surface area contributed by atoms with Crippen molar-refractivity contribution in [3.05, 3.63) is 63.6 Å². The van der Waals surface area contributed by atoms with Gasteiger partial charge in [-0.05, 0) is 55.7 Å². The van der Waals surface area contributed by atoms with Crippen molar-refractivity contribution >= 4 is 52.5 Å². The largest absolute Gasteiger partial charge is 0.370 e. The van der Waals surface area contributed by atoms with Crippen molar-refractivity contribution in [2.75, 3.05) is 23.3 Å². The highest BCUT2D eigenvalue weighted by Gasteiger charge is 2.17. The minimum atomic E-state index is -0.543. The molecule has 28 heavy (non-hydrogen) atoms. The summed E-state index contributed by atoms with van der Waals surface area (Å²) >= 11 is 12.3. The summed E-state index contributed by atoms with van der Waals surface area (Å²) < 4.78 is 0. The molecule has 0 spiro atoms. The summed E-state index contributed by atoms with van der Waals surface area (Å²) in [4.78, 5) is 26.3. The maximum Gasteiger partial charge on any atom is 0.248 e. The molecule has 0 aliphatic carbocycles. The lowest BCUT2D eigenvalue weighted by Gasteiger charge is -2.30. The van der Waals surface area contributed by atoms with Crippen LogP contribution >= 0.6 is 23.2 Å². The number of rotatable bonds is 5. The molecule has 1 heterocycles. The van der Waals surface area contributed by atoms with E-state index < -0.39 is 5.91 Å². The third kappa shape index (κ3) is 4.86. The number of carbonyl (C=O) groups excluding carboxylic acids is 2. The van der Waals surface area contributed by atoms with Crippen LogP contribution in [0, 0.1) is 0 Å². The van der Waals surface area contributed by atoms with Gasteiger partial charge in [-0.3, -0.25) is 9.59 Å². The number of benzene rings is 2. The maximum atomic E-state index is 12.5. The van der Waals surface area contributed by atoms with Crippen molar-refractivity contribution in [3.63, 3.8) is 0 Å². The highest BCUT2D eigenvalue weighted by Crippen LogP contribution is 2.30. The summed E-state index contributed by atoms with van der Waals surface area (Å²) in [6, 6.07) is 10.3. The van der Waals surface area contributed by atoms with Gasteiger partial charge in [-0.15, -0.1) is 0 Å². The van der Waals surface area contributed by atoms with Gasteiger partial charge in [0.25, 0.3) is 0 Å². The molecule has 2 aromatic rings. The van der Waals surface area contributed by atoms with Crippen molar-refractivity contribution in [2.45, 2.75) is 19.3 Å². The molecule has 0 aromatic heterocycles. The zero-order valence-electron chi connectivity index (χ0n) is 15.3. The Morgan fingerprint density at radius 2 is 1.71 bits per heavy atom. The van der Waals surface area contributed by atoms with Crippen molar-refractivity contribution in [3.8, 4) is 0 Å². The zero-order valence-corrected chi connectivity index (χ0v) is 16.8. The van der Waals surface area contributed by atoms with E-state index >= 15 is 0 Å². The Labute approximate surface area is 174 Å². The van der Waals surface area contributed by atoms with Gasteiger partial charge in [-0.1, -0.05) is 29.3 Å². The number of nitrogens with zero attached hydrogens (tertiary/aromatic N) is 1. The van der Waals surface area contributed by atoms with Crippen molar-refractivity contribution in [1.82, 2.24) is 0 Å². The van der Waals surface area contributed by atoms with Gasteiger partial charge >= 0.3 is 0 Å².